The molecule has 0 aromatic carbocycles. The quantitative estimate of drug-likeness (QED) is 0.694. The van der Waals surface area contributed by atoms with Crippen LogP contribution in [0, 0.1) is 11.3 Å². The zero-order valence-electron chi connectivity index (χ0n) is 6.49. The lowest BCUT2D eigenvalue weighted by molar-refractivity contribution is 0.0953. The Morgan fingerprint density at radius 1 is 1.62 bits per heavy atom. The second kappa shape index (κ2) is 4.38. The zero-order chi connectivity index (χ0) is 9.68. The molecule has 0 bridgehead atoms. The maximum atomic E-state index is 11.1. The standard InChI is InChI=1S/C7H5ClN4O/c8-6-4-11-5(3-12-6)7(13)10-2-1-9/h3-4H,2H2,(H,10,13). The van der Waals surface area contributed by atoms with Gasteiger partial charge in [-0.25, -0.2) is 9.97 Å². The fraction of sp³-hybridized carbons (Fsp3) is 0.143. The zero-order valence-corrected chi connectivity index (χ0v) is 7.25. The molecule has 0 spiro atoms. The third-order valence-electron chi connectivity index (χ3n) is 1.18. The van der Waals surface area contributed by atoms with Crippen molar-refractivity contribution in [3.8, 4) is 6.07 Å². The fourth-order valence-electron chi connectivity index (χ4n) is 0.640. The second-order valence-electron chi connectivity index (χ2n) is 2.07. The predicted molar refractivity (Wildman–Crippen MR) is 45.0 cm³/mol. The largest absolute Gasteiger partial charge is 0.338 e. The molecule has 66 valence electrons. The van der Waals surface area contributed by atoms with Gasteiger partial charge in [-0.3, -0.25) is 4.79 Å². The molecule has 0 atom stereocenters. The van der Waals surface area contributed by atoms with Gasteiger partial charge in [-0.1, -0.05) is 11.6 Å². The summed E-state index contributed by atoms with van der Waals surface area (Å²) in [6.07, 6.45) is 2.51. The first kappa shape index (κ1) is 9.42. The Morgan fingerprint density at radius 3 is 2.92 bits per heavy atom. The molecule has 0 saturated carbocycles. The van der Waals surface area contributed by atoms with Crippen LogP contribution in [0.2, 0.25) is 5.15 Å². The van der Waals surface area contributed by atoms with Crippen LogP contribution in [0.25, 0.3) is 0 Å². The Labute approximate surface area is 79.4 Å². The van der Waals surface area contributed by atoms with E-state index >= 15 is 0 Å². The lowest BCUT2D eigenvalue weighted by atomic mass is 10.4. The predicted octanol–water partition coefficient (Wildman–Crippen LogP) is 0.383. The van der Waals surface area contributed by atoms with Crippen LogP contribution in [0.1, 0.15) is 10.5 Å². The first-order valence-corrected chi connectivity index (χ1v) is 3.74. The number of nitrogens with one attached hydrogen (secondary N) is 1. The Bertz CT molecular complexity index is 343. The smallest absolute Gasteiger partial charge is 0.272 e. The van der Waals surface area contributed by atoms with E-state index in [2.05, 4.69) is 15.3 Å². The van der Waals surface area contributed by atoms with Crippen molar-refractivity contribution in [1.82, 2.24) is 15.3 Å². The average Bonchev–Trinajstić information content (AvgIpc) is 2.15. The molecular weight excluding hydrogens is 192 g/mol. The summed E-state index contributed by atoms with van der Waals surface area (Å²) in [5.41, 5.74) is 0.139. The molecule has 1 N–H and O–H groups in total. The summed E-state index contributed by atoms with van der Waals surface area (Å²) in [4.78, 5) is 18.5. The molecule has 1 rings (SSSR count). The molecule has 13 heavy (non-hydrogen) atoms. The van der Waals surface area contributed by atoms with Gasteiger partial charge >= 0.3 is 0 Å². The summed E-state index contributed by atoms with van der Waals surface area (Å²) >= 11 is 5.46. The van der Waals surface area contributed by atoms with E-state index in [0.29, 0.717) is 0 Å². The van der Waals surface area contributed by atoms with E-state index in [1.54, 1.807) is 6.07 Å². The minimum atomic E-state index is -0.439. The Kier molecular flexibility index (Phi) is 3.17. The summed E-state index contributed by atoms with van der Waals surface area (Å²) in [6, 6.07) is 1.77. The van der Waals surface area contributed by atoms with E-state index in [0.717, 1.165) is 0 Å². The molecule has 0 unspecified atom stereocenters. The van der Waals surface area contributed by atoms with Gasteiger partial charge in [-0.05, 0) is 0 Å². The molecule has 1 amide bonds. The van der Waals surface area contributed by atoms with Crippen LogP contribution in [-0.4, -0.2) is 22.4 Å². The number of halogens is 1. The molecule has 1 aromatic heterocycles. The van der Waals surface area contributed by atoms with Crippen molar-refractivity contribution in [2.45, 2.75) is 0 Å². The number of amides is 1. The van der Waals surface area contributed by atoms with Crippen LogP contribution in [-0.2, 0) is 0 Å². The van der Waals surface area contributed by atoms with Gasteiger partial charge in [-0.15, -0.1) is 0 Å². The molecule has 0 aliphatic rings. The SMILES string of the molecule is N#CCNC(=O)c1cnc(Cl)cn1. The maximum Gasteiger partial charge on any atom is 0.272 e. The maximum absolute atomic E-state index is 11.1. The number of hydrogen-bond acceptors (Lipinski definition) is 4. The van der Waals surface area contributed by atoms with Crippen molar-refractivity contribution in [1.29, 1.82) is 5.26 Å². The molecule has 0 fully saturated rings. The van der Waals surface area contributed by atoms with Crippen LogP contribution in [0.3, 0.4) is 0 Å². The first-order valence-electron chi connectivity index (χ1n) is 3.36. The number of nitriles is 1. The van der Waals surface area contributed by atoms with Crippen LogP contribution < -0.4 is 5.32 Å². The lowest BCUT2D eigenvalue weighted by Gasteiger charge is -1.98. The number of nitrogens with zero attached hydrogens (tertiary/aromatic N) is 3. The lowest BCUT2D eigenvalue weighted by Crippen LogP contribution is -2.24. The number of aromatic nitrogens is 2. The van der Waals surface area contributed by atoms with Gasteiger partial charge in [-0.2, -0.15) is 5.26 Å². The van der Waals surface area contributed by atoms with Crippen molar-refractivity contribution in [2.24, 2.45) is 0 Å². The minimum absolute atomic E-state index is 0.0524. The summed E-state index contributed by atoms with van der Waals surface area (Å²) < 4.78 is 0. The van der Waals surface area contributed by atoms with E-state index in [9.17, 15) is 4.79 Å². The average molecular weight is 197 g/mol. The van der Waals surface area contributed by atoms with Crippen LogP contribution in [0.5, 0.6) is 0 Å². The van der Waals surface area contributed by atoms with Crippen LogP contribution in [0.15, 0.2) is 12.4 Å². The van der Waals surface area contributed by atoms with Crippen molar-refractivity contribution < 1.29 is 4.79 Å². The van der Waals surface area contributed by atoms with Gasteiger partial charge in [0.25, 0.3) is 5.91 Å². The summed E-state index contributed by atoms with van der Waals surface area (Å²) in [6.45, 7) is -0.0524. The molecule has 5 nitrogen and oxygen atoms in total. The van der Waals surface area contributed by atoms with Gasteiger partial charge in [0.05, 0.1) is 18.5 Å². The van der Waals surface area contributed by atoms with Gasteiger partial charge in [0, 0.05) is 0 Å². The highest BCUT2D eigenvalue weighted by Crippen LogP contribution is 2.00. The van der Waals surface area contributed by atoms with Crippen LogP contribution in [0.4, 0.5) is 0 Å². The highest BCUT2D eigenvalue weighted by molar-refractivity contribution is 6.29. The summed E-state index contributed by atoms with van der Waals surface area (Å²) in [7, 11) is 0. The monoisotopic (exact) mass is 196 g/mol. The molecule has 1 heterocycles. The fourth-order valence-corrected chi connectivity index (χ4v) is 0.737. The van der Waals surface area contributed by atoms with Crippen molar-refractivity contribution in [3.63, 3.8) is 0 Å². The van der Waals surface area contributed by atoms with E-state index in [1.807, 2.05) is 0 Å². The first-order chi connectivity index (χ1) is 6.24. The Balaban J connectivity index is 2.68. The molecule has 6 heteroatoms. The van der Waals surface area contributed by atoms with Crippen molar-refractivity contribution >= 4 is 17.5 Å². The van der Waals surface area contributed by atoms with Gasteiger partial charge < -0.3 is 5.32 Å². The van der Waals surface area contributed by atoms with Crippen molar-refractivity contribution in [3.05, 3.63) is 23.2 Å². The van der Waals surface area contributed by atoms with Crippen molar-refractivity contribution in [2.75, 3.05) is 6.54 Å². The third-order valence-corrected chi connectivity index (χ3v) is 1.38. The third kappa shape index (κ3) is 2.69. The highest BCUT2D eigenvalue weighted by Gasteiger charge is 2.05. The van der Waals surface area contributed by atoms with E-state index in [1.165, 1.54) is 12.4 Å². The van der Waals surface area contributed by atoms with E-state index in [-0.39, 0.29) is 17.4 Å². The van der Waals surface area contributed by atoms with Gasteiger partial charge in [0.15, 0.2) is 0 Å². The molecule has 0 saturated heterocycles. The number of rotatable bonds is 2. The number of hydrogen-bond donors (Lipinski definition) is 1. The number of carbonyl (C=O) groups excluding carboxylic acids is 1. The molecule has 1 aromatic rings. The molecule has 0 aliphatic heterocycles. The summed E-state index contributed by atoms with van der Waals surface area (Å²) in [5.74, 6) is -0.439. The molecule has 0 radical (unpaired) electrons. The molecular formula is C7H5ClN4O. The summed E-state index contributed by atoms with van der Waals surface area (Å²) in [5, 5.41) is 10.7. The van der Waals surface area contributed by atoms with E-state index < -0.39 is 5.91 Å². The Hall–Kier alpha value is -1.67. The molecule has 0 aliphatic carbocycles. The van der Waals surface area contributed by atoms with E-state index in [4.69, 9.17) is 16.9 Å². The normalized spacial score (nSPS) is 8.92. The second-order valence-corrected chi connectivity index (χ2v) is 2.45. The van der Waals surface area contributed by atoms with Gasteiger partial charge in [0.2, 0.25) is 0 Å². The van der Waals surface area contributed by atoms with Crippen LogP contribution >= 0.6 is 11.6 Å². The minimum Gasteiger partial charge on any atom is -0.338 e. The highest BCUT2D eigenvalue weighted by atomic mass is 35.5. The Morgan fingerprint density at radius 2 is 2.38 bits per heavy atom. The topological polar surface area (TPSA) is 78.7 Å². The number of carbonyl (C=O) groups is 1. The van der Waals surface area contributed by atoms with Gasteiger partial charge in [0.1, 0.15) is 17.4 Å².